The third-order valence-electron chi connectivity index (χ3n) is 2.46. The maximum Gasteiger partial charge on any atom is 0.181 e. The van der Waals surface area contributed by atoms with Crippen LogP contribution in [0.1, 0.15) is 18.1 Å². The Kier molecular flexibility index (Phi) is 2.52. The number of thiazole rings is 1. The smallest absolute Gasteiger partial charge is 0.181 e. The van der Waals surface area contributed by atoms with Crippen LogP contribution in [0.4, 0.5) is 5.13 Å². The van der Waals surface area contributed by atoms with Crippen LogP contribution in [0, 0.1) is 13.8 Å². The van der Waals surface area contributed by atoms with Crippen LogP contribution in [0.15, 0.2) is 6.07 Å². The quantitative estimate of drug-likeness (QED) is 0.850. The molecule has 0 unspecified atom stereocenters. The van der Waals surface area contributed by atoms with Crippen molar-refractivity contribution < 1.29 is 4.74 Å². The average molecular weight is 222 g/mol. The van der Waals surface area contributed by atoms with Crippen molar-refractivity contribution in [2.24, 2.45) is 0 Å². The molecule has 0 amide bonds. The third-order valence-corrected chi connectivity index (χ3v) is 3.46. The average Bonchev–Trinajstić information content (AvgIpc) is 2.57. The van der Waals surface area contributed by atoms with Crippen LogP contribution in [-0.4, -0.2) is 11.6 Å². The minimum atomic E-state index is 0.597. The van der Waals surface area contributed by atoms with E-state index in [2.05, 4.69) is 18.8 Å². The molecule has 0 fully saturated rings. The molecule has 0 aliphatic rings. The summed E-state index contributed by atoms with van der Waals surface area (Å²) in [7, 11) is 0. The molecule has 0 spiro atoms. The first-order chi connectivity index (χ1) is 7.13. The van der Waals surface area contributed by atoms with Gasteiger partial charge < -0.3 is 10.5 Å². The lowest BCUT2D eigenvalue weighted by molar-refractivity contribution is 0.343. The Morgan fingerprint density at radius 2 is 2.20 bits per heavy atom. The van der Waals surface area contributed by atoms with Gasteiger partial charge in [-0.15, -0.1) is 0 Å². The fourth-order valence-electron chi connectivity index (χ4n) is 1.58. The Labute approximate surface area is 92.9 Å². The van der Waals surface area contributed by atoms with E-state index in [1.165, 1.54) is 22.5 Å². The van der Waals surface area contributed by atoms with Gasteiger partial charge in [0.05, 0.1) is 11.3 Å². The highest BCUT2D eigenvalue weighted by atomic mass is 32.1. The number of nitrogens with two attached hydrogens (primary N) is 1. The monoisotopic (exact) mass is 222 g/mol. The van der Waals surface area contributed by atoms with Crippen LogP contribution < -0.4 is 10.5 Å². The summed E-state index contributed by atoms with van der Waals surface area (Å²) in [6, 6.07) is 2.03. The molecule has 2 N–H and O–H groups in total. The van der Waals surface area contributed by atoms with Crippen molar-refractivity contribution >= 4 is 26.7 Å². The number of fused-ring (bicyclic) bond motifs is 1. The first-order valence-corrected chi connectivity index (χ1v) is 5.74. The molecule has 4 heteroatoms. The Bertz CT molecular complexity index is 505. The molecule has 1 heterocycles. The maximum atomic E-state index is 5.73. The van der Waals surface area contributed by atoms with Crippen LogP contribution in [0.5, 0.6) is 5.75 Å². The molecular weight excluding hydrogens is 208 g/mol. The van der Waals surface area contributed by atoms with E-state index in [0.717, 1.165) is 16.0 Å². The third kappa shape index (κ3) is 1.65. The summed E-state index contributed by atoms with van der Waals surface area (Å²) in [5.74, 6) is 0.837. The van der Waals surface area contributed by atoms with E-state index in [0.29, 0.717) is 11.7 Å². The van der Waals surface area contributed by atoms with E-state index >= 15 is 0 Å². The maximum absolute atomic E-state index is 5.73. The second-order valence-corrected chi connectivity index (χ2v) is 4.51. The van der Waals surface area contributed by atoms with E-state index < -0.39 is 0 Å². The number of aryl methyl sites for hydroxylation is 2. The van der Waals surface area contributed by atoms with Gasteiger partial charge in [0.25, 0.3) is 0 Å². The van der Waals surface area contributed by atoms with Crippen LogP contribution >= 0.6 is 11.3 Å². The summed E-state index contributed by atoms with van der Waals surface area (Å²) in [6.45, 7) is 6.78. The van der Waals surface area contributed by atoms with Gasteiger partial charge in [-0.1, -0.05) is 11.3 Å². The number of nitrogen functional groups attached to an aromatic ring is 1. The van der Waals surface area contributed by atoms with Crippen molar-refractivity contribution in [2.75, 3.05) is 12.3 Å². The van der Waals surface area contributed by atoms with Crippen molar-refractivity contribution in [3.63, 3.8) is 0 Å². The predicted octanol–water partition coefficient (Wildman–Crippen LogP) is 2.89. The molecule has 2 rings (SSSR count). The molecular formula is C11H14N2OS. The normalized spacial score (nSPS) is 10.9. The summed E-state index contributed by atoms with van der Waals surface area (Å²) < 4.78 is 6.69. The molecule has 3 nitrogen and oxygen atoms in total. The standard InChI is InChI=1S/C11H14N2OS/c1-4-14-8-5-6(2)7(3)10-9(8)13-11(12)15-10/h5H,4H2,1-3H3,(H2,12,13). The van der Waals surface area contributed by atoms with Crippen molar-refractivity contribution in [2.45, 2.75) is 20.8 Å². The summed E-state index contributed by atoms with van der Waals surface area (Å²) in [5, 5.41) is 0.597. The highest BCUT2D eigenvalue weighted by Gasteiger charge is 2.12. The van der Waals surface area contributed by atoms with Gasteiger partial charge in [-0.2, -0.15) is 0 Å². The zero-order valence-electron chi connectivity index (χ0n) is 9.13. The molecule has 0 saturated carbocycles. The Balaban J connectivity index is 2.75. The molecule has 1 aromatic heterocycles. The van der Waals surface area contributed by atoms with E-state index in [9.17, 15) is 0 Å². The lowest BCUT2D eigenvalue weighted by Gasteiger charge is -2.07. The fourth-order valence-corrected chi connectivity index (χ4v) is 2.48. The Morgan fingerprint density at radius 3 is 2.87 bits per heavy atom. The Morgan fingerprint density at radius 1 is 1.47 bits per heavy atom. The fraction of sp³-hybridized carbons (Fsp3) is 0.364. The van der Waals surface area contributed by atoms with Gasteiger partial charge in [0, 0.05) is 0 Å². The van der Waals surface area contributed by atoms with E-state index in [1.807, 2.05) is 13.0 Å². The number of ether oxygens (including phenoxy) is 1. The second-order valence-electron chi connectivity index (χ2n) is 3.48. The first-order valence-electron chi connectivity index (χ1n) is 4.92. The molecule has 0 atom stereocenters. The molecule has 15 heavy (non-hydrogen) atoms. The summed E-state index contributed by atoms with van der Waals surface area (Å²) >= 11 is 1.52. The van der Waals surface area contributed by atoms with Gasteiger partial charge in [-0.3, -0.25) is 0 Å². The van der Waals surface area contributed by atoms with Crippen molar-refractivity contribution in [3.05, 3.63) is 17.2 Å². The molecule has 0 bridgehead atoms. The molecule has 0 saturated heterocycles. The minimum absolute atomic E-state index is 0.597. The lowest BCUT2D eigenvalue weighted by Crippen LogP contribution is -1.94. The molecule has 0 aliphatic carbocycles. The molecule has 0 radical (unpaired) electrons. The van der Waals surface area contributed by atoms with Gasteiger partial charge in [-0.05, 0) is 38.0 Å². The number of nitrogens with zero attached hydrogens (tertiary/aromatic N) is 1. The molecule has 80 valence electrons. The largest absolute Gasteiger partial charge is 0.492 e. The van der Waals surface area contributed by atoms with Crippen LogP contribution in [0.25, 0.3) is 10.2 Å². The summed E-state index contributed by atoms with van der Waals surface area (Å²) in [4.78, 5) is 4.30. The predicted molar refractivity (Wildman–Crippen MR) is 64.7 cm³/mol. The van der Waals surface area contributed by atoms with Gasteiger partial charge in [0.2, 0.25) is 0 Å². The van der Waals surface area contributed by atoms with E-state index in [4.69, 9.17) is 10.5 Å². The van der Waals surface area contributed by atoms with Crippen molar-refractivity contribution in [3.8, 4) is 5.75 Å². The highest BCUT2D eigenvalue weighted by Crippen LogP contribution is 2.35. The number of rotatable bonds is 2. The van der Waals surface area contributed by atoms with Crippen molar-refractivity contribution in [1.29, 1.82) is 0 Å². The van der Waals surface area contributed by atoms with Gasteiger partial charge in [-0.25, -0.2) is 4.98 Å². The van der Waals surface area contributed by atoms with Crippen molar-refractivity contribution in [1.82, 2.24) is 4.98 Å². The lowest BCUT2D eigenvalue weighted by atomic mass is 10.1. The zero-order chi connectivity index (χ0) is 11.0. The highest BCUT2D eigenvalue weighted by molar-refractivity contribution is 7.22. The number of aromatic nitrogens is 1. The molecule has 0 aliphatic heterocycles. The summed E-state index contributed by atoms with van der Waals surface area (Å²) in [6.07, 6.45) is 0. The van der Waals surface area contributed by atoms with E-state index in [-0.39, 0.29) is 0 Å². The number of benzene rings is 1. The number of hydrogen-bond donors (Lipinski definition) is 1. The second kappa shape index (κ2) is 3.70. The van der Waals surface area contributed by atoms with Gasteiger partial charge in [0.1, 0.15) is 11.3 Å². The number of anilines is 1. The van der Waals surface area contributed by atoms with Crippen LogP contribution in [-0.2, 0) is 0 Å². The van der Waals surface area contributed by atoms with E-state index in [1.54, 1.807) is 0 Å². The zero-order valence-corrected chi connectivity index (χ0v) is 9.94. The van der Waals surface area contributed by atoms with Crippen LogP contribution in [0.3, 0.4) is 0 Å². The SMILES string of the molecule is CCOc1cc(C)c(C)c2sc(N)nc12. The number of hydrogen-bond acceptors (Lipinski definition) is 4. The first kappa shape index (κ1) is 10.2. The summed E-state index contributed by atoms with van der Waals surface area (Å²) in [5.41, 5.74) is 9.07. The van der Waals surface area contributed by atoms with Gasteiger partial charge >= 0.3 is 0 Å². The Hall–Kier alpha value is -1.29. The van der Waals surface area contributed by atoms with Gasteiger partial charge in [0.15, 0.2) is 5.13 Å². The minimum Gasteiger partial charge on any atom is -0.492 e. The van der Waals surface area contributed by atoms with Crippen LogP contribution in [0.2, 0.25) is 0 Å². The molecule has 2 aromatic rings. The molecule has 1 aromatic carbocycles. The topological polar surface area (TPSA) is 48.1 Å².